The molecule has 35 heavy (non-hydrogen) atoms. The minimum absolute atomic E-state index is 0.0494. The van der Waals surface area contributed by atoms with Crippen LogP contribution in [0.5, 0.6) is 0 Å². The Balaban J connectivity index is 1.48. The summed E-state index contributed by atoms with van der Waals surface area (Å²) in [5.41, 5.74) is 2.98. The van der Waals surface area contributed by atoms with Gasteiger partial charge in [-0.25, -0.2) is 18.4 Å². The van der Waals surface area contributed by atoms with E-state index in [1.54, 1.807) is 18.2 Å². The third-order valence-corrected chi connectivity index (χ3v) is 6.68. The Labute approximate surface area is 210 Å². The van der Waals surface area contributed by atoms with Crippen molar-refractivity contribution in [2.24, 2.45) is 0 Å². The van der Waals surface area contributed by atoms with Crippen LogP contribution in [0.3, 0.4) is 0 Å². The first-order chi connectivity index (χ1) is 16.8. The number of nitrogens with zero attached hydrogens (tertiary/aromatic N) is 5. The monoisotopic (exact) mass is 515 g/mol. The fourth-order valence-electron chi connectivity index (χ4n) is 3.83. The molecule has 0 saturated carbocycles. The number of carbonyl (C=O) groups excluding carboxylic acids is 1. The number of likely N-dealkylation sites (tertiary alicyclic amines) is 1. The maximum atomic E-state index is 12.7. The first-order valence-electron chi connectivity index (χ1n) is 11.1. The maximum Gasteiger partial charge on any atom is 0.253 e. The highest BCUT2D eigenvalue weighted by molar-refractivity contribution is 7.74. The largest absolute Gasteiger partial charge is 0.364 e. The molecule has 2 N–H and O–H groups in total. The first-order valence-corrected chi connectivity index (χ1v) is 12.6. The third kappa shape index (κ3) is 5.80. The summed E-state index contributed by atoms with van der Waals surface area (Å²) < 4.78 is 23.9. The molecule has 10 nitrogen and oxygen atoms in total. The standard InChI is InChI=1S/C23H26ClN7O3S/c1-15-12-16(22(32)31-10-3-4-11-31)7-8-19(15)28-23-27-14-18(24)20(29-23)26-13-17-6-5-9-25-21(17)30(2)35(33)34/h5-9,12,14,35H,3-4,10-11,13H2,1-2H3,(H2,26,27,28,29). The summed E-state index contributed by atoms with van der Waals surface area (Å²) in [6.07, 6.45) is 5.10. The smallest absolute Gasteiger partial charge is 0.253 e. The van der Waals surface area contributed by atoms with E-state index in [4.69, 9.17) is 11.6 Å². The number of anilines is 4. The molecule has 0 spiro atoms. The zero-order chi connectivity index (χ0) is 24.9. The van der Waals surface area contributed by atoms with Gasteiger partial charge in [-0.05, 0) is 49.6 Å². The molecule has 0 radical (unpaired) electrons. The van der Waals surface area contributed by atoms with Crippen molar-refractivity contribution in [2.75, 3.05) is 35.1 Å². The second kappa shape index (κ2) is 10.9. The number of nitrogens with one attached hydrogen (secondary N) is 2. The van der Waals surface area contributed by atoms with Gasteiger partial charge in [-0.1, -0.05) is 17.7 Å². The number of benzene rings is 1. The summed E-state index contributed by atoms with van der Waals surface area (Å²) in [6.45, 7) is 3.77. The number of hydrogen-bond donors (Lipinski definition) is 3. The van der Waals surface area contributed by atoms with Crippen molar-refractivity contribution < 1.29 is 13.2 Å². The van der Waals surface area contributed by atoms with E-state index >= 15 is 0 Å². The molecule has 1 aliphatic rings. The molecular weight excluding hydrogens is 490 g/mol. The number of amides is 1. The Bertz CT molecular complexity index is 1300. The predicted molar refractivity (Wildman–Crippen MR) is 137 cm³/mol. The molecule has 1 amide bonds. The van der Waals surface area contributed by atoms with E-state index in [1.807, 2.05) is 24.0 Å². The normalized spacial score (nSPS) is 13.2. The van der Waals surface area contributed by atoms with Crippen molar-refractivity contribution >= 4 is 51.7 Å². The van der Waals surface area contributed by atoms with Gasteiger partial charge in [0, 0.05) is 49.7 Å². The SMILES string of the molecule is Cc1cc(C(=O)N2CCCC2)ccc1Nc1ncc(Cl)c(NCc2cccnc2N(C)[SH](=O)=O)n1. The number of thiol groups is 1. The fourth-order valence-corrected chi connectivity index (χ4v) is 4.32. The third-order valence-electron chi connectivity index (χ3n) is 5.72. The number of aromatic nitrogens is 3. The van der Waals surface area contributed by atoms with Crippen molar-refractivity contribution in [2.45, 2.75) is 26.3 Å². The number of aryl methyl sites for hydroxylation is 1. The quantitative estimate of drug-likeness (QED) is 0.390. The number of hydrogen-bond acceptors (Lipinski definition) is 8. The van der Waals surface area contributed by atoms with Gasteiger partial charge in [0.1, 0.15) is 10.8 Å². The summed E-state index contributed by atoms with van der Waals surface area (Å²) in [6, 6.07) is 8.99. The Morgan fingerprint density at radius 3 is 2.69 bits per heavy atom. The molecule has 1 aromatic carbocycles. The highest BCUT2D eigenvalue weighted by Crippen LogP contribution is 2.26. The molecule has 1 fully saturated rings. The van der Waals surface area contributed by atoms with Crippen molar-refractivity contribution in [3.8, 4) is 0 Å². The Kier molecular flexibility index (Phi) is 7.67. The molecule has 0 aliphatic carbocycles. The van der Waals surface area contributed by atoms with Crippen LogP contribution in [0.25, 0.3) is 0 Å². The highest BCUT2D eigenvalue weighted by Gasteiger charge is 2.20. The van der Waals surface area contributed by atoms with Crippen LogP contribution in [-0.4, -0.2) is 54.3 Å². The molecule has 0 atom stereocenters. The molecule has 0 bridgehead atoms. The van der Waals surface area contributed by atoms with Crippen molar-refractivity contribution in [3.05, 3.63) is 64.4 Å². The number of halogens is 1. The van der Waals surface area contributed by atoms with Gasteiger partial charge in [0.05, 0.1) is 6.20 Å². The van der Waals surface area contributed by atoms with Gasteiger partial charge in [0.15, 0.2) is 5.82 Å². The molecule has 3 aromatic rings. The second-order valence-electron chi connectivity index (χ2n) is 8.15. The predicted octanol–water partition coefficient (Wildman–Crippen LogP) is 3.39. The summed E-state index contributed by atoms with van der Waals surface area (Å²) in [7, 11) is -1.38. The van der Waals surface area contributed by atoms with Crippen LogP contribution in [0, 0.1) is 6.92 Å². The van der Waals surface area contributed by atoms with Crippen LogP contribution in [0.2, 0.25) is 5.02 Å². The van der Waals surface area contributed by atoms with Gasteiger partial charge in [-0.15, -0.1) is 0 Å². The lowest BCUT2D eigenvalue weighted by Crippen LogP contribution is -2.27. The van der Waals surface area contributed by atoms with Crippen LogP contribution in [0.4, 0.5) is 23.3 Å². The highest BCUT2D eigenvalue weighted by atomic mass is 35.5. The van der Waals surface area contributed by atoms with Crippen molar-refractivity contribution in [3.63, 3.8) is 0 Å². The molecule has 184 valence electrons. The Morgan fingerprint density at radius 1 is 1.20 bits per heavy atom. The van der Waals surface area contributed by atoms with E-state index in [1.165, 1.54) is 19.4 Å². The lowest BCUT2D eigenvalue weighted by Gasteiger charge is -2.17. The average molecular weight is 516 g/mol. The van der Waals surface area contributed by atoms with E-state index in [2.05, 4.69) is 25.6 Å². The second-order valence-corrected chi connectivity index (χ2v) is 9.63. The maximum absolute atomic E-state index is 12.7. The van der Waals surface area contributed by atoms with Crippen LogP contribution in [0.15, 0.2) is 42.7 Å². The lowest BCUT2D eigenvalue weighted by molar-refractivity contribution is 0.0792. The number of pyridine rings is 1. The van der Waals surface area contributed by atoms with Gasteiger partial charge in [0.2, 0.25) is 16.8 Å². The lowest BCUT2D eigenvalue weighted by atomic mass is 10.1. The van der Waals surface area contributed by atoms with Crippen LogP contribution in [0.1, 0.15) is 34.3 Å². The minimum Gasteiger partial charge on any atom is -0.364 e. The molecular formula is C23H26ClN7O3S. The molecule has 2 aromatic heterocycles. The van der Waals surface area contributed by atoms with E-state index in [0.717, 1.165) is 41.5 Å². The fraction of sp³-hybridized carbons (Fsp3) is 0.304. The van der Waals surface area contributed by atoms with Gasteiger partial charge in [0.25, 0.3) is 5.91 Å². The summed E-state index contributed by atoms with van der Waals surface area (Å²) in [5, 5.41) is 6.61. The molecule has 1 aliphatic heterocycles. The minimum atomic E-state index is -2.81. The summed E-state index contributed by atoms with van der Waals surface area (Å²) >= 11 is 6.29. The van der Waals surface area contributed by atoms with Crippen molar-refractivity contribution in [1.82, 2.24) is 19.9 Å². The summed E-state index contributed by atoms with van der Waals surface area (Å²) in [5.74, 6) is 1.07. The number of carbonyl (C=O) groups is 1. The number of rotatable bonds is 8. The van der Waals surface area contributed by atoms with Crippen LogP contribution in [-0.2, 0) is 17.4 Å². The molecule has 3 heterocycles. The van der Waals surface area contributed by atoms with E-state index < -0.39 is 10.9 Å². The van der Waals surface area contributed by atoms with E-state index in [9.17, 15) is 13.2 Å². The zero-order valence-electron chi connectivity index (χ0n) is 19.4. The van der Waals surface area contributed by atoms with Gasteiger partial charge in [-0.2, -0.15) is 4.98 Å². The van der Waals surface area contributed by atoms with Gasteiger partial charge >= 0.3 is 0 Å². The molecule has 12 heteroatoms. The Hall–Kier alpha value is -3.44. The molecule has 4 rings (SSSR count). The van der Waals surface area contributed by atoms with Gasteiger partial charge in [-0.3, -0.25) is 9.10 Å². The topological polar surface area (TPSA) is 120 Å². The average Bonchev–Trinajstić information content (AvgIpc) is 3.40. The van der Waals surface area contributed by atoms with Crippen LogP contribution >= 0.6 is 11.6 Å². The molecule has 1 saturated heterocycles. The molecule has 0 unspecified atom stereocenters. The van der Waals surface area contributed by atoms with E-state index in [0.29, 0.717) is 33.7 Å². The Morgan fingerprint density at radius 2 is 1.97 bits per heavy atom. The van der Waals surface area contributed by atoms with Crippen molar-refractivity contribution in [1.29, 1.82) is 0 Å². The first kappa shape index (κ1) is 24.7. The van der Waals surface area contributed by atoms with Crippen LogP contribution < -0.4 is 14.9 Å². The zero-order valence-corrected chi connectivity index (χ0v) is 21.0. The summed E-state index contributed by atoms with van der Waals surface area (Å²) in [4.78, 5) is 27.4. The van der Waals surface area contributed by atoms with E-state index in [-0.39, 0.29) is 12.5 Å². The van der Waals surface area contributed by atoms with Gasteiger partial charge < -0.3 is 15.5 Å².